The number of aromatic amines is 2. The van der Waals surface area contributed by atoms with E-state index in [0.29, 0.717) is 18.4 Å². The first-order valence-electron chi connectivity index (χ1n) is 10.9. The van der Waals surface area contributed by atoms with Crippen molar-refractivity contribution in [3.63, 3.8) is 0 Å². The number of H-pyrrole nitrogens is 2. The molecule has 0 bridgehead atoms. The van der Waals surface area contributed by atoms with Gasteiger partial charge in [-0.3, -0.25) is 9.89 Å². The Morgan fingerprint density at radius 2 is 2.10 bits per heavy atom. The number of rotatable bonds is 6. The highest BCUT2D eigenvalue weighted by Gasteiger charge is 2.29. The van der Waals surface area contributed by atoms with E-state index in [-0.39, 0.29) is 18.4 Å². The van der Waals surface area contributed by atoms with Crippen molar-refractivity contribution in [3.8, 4) is 11.4 Å². The predicted molar refractivity (Wildman–Crippen MR) is 121 cm³/mol. The van der Waals surface area contributed by atoms with Crippen molar-refractivity contribution in [3.05, 3.63) is 35.5 Å². The number of aliphatic hydroxyl groups is 1. The molecule has 30 heavy (non-hydrogen) atoms. The van der Waals surface area contributed by atoms with Gasteiger partial charge in [0, 0.05) is 40.8 Å². The Kier molecular flexibility index (Phi) is 5.45. The van der Waals surface area contributed by atoms with Crippen LogP contribution >= 0.6 is 0 Å². The van der Waals surface area contributed by atoms with Gasteiger partial charge in [-0.15, -0.1) is 0 Å². The van der Waals surface area contributed by atoms with Crippen molar-refractivity contribution in [2.45, 2.75) is 53.4 Å². The predicted octanol–water partition coefficient (Wildman–Crippen LogP) is 4.44. The number of hydrogen-bond donors (Lipinski definition) is 3. The van der Waals surface area contributed by atoms with Gasteiger partial charge in [-0.25, -0.2) is 0 Å². The van der Waals surface area contributed by atoms with Crippen LogP contribution in [-0.4, -0.2) is 39.3 Å². The summed E-state index contributed by atoms with van der Waals surface area (Å²) in [5, 5.41) is 18.4. The van der Waals surface area contributed by atoms with Gasteiger partial charge in [-0.05, 0) is 48.8 Å². The van der Waals surface area contributed by atoms with E-state index in [1.807, 2.05) is 32.0 Å². The second-order valence-electron chi connectivity index (χ2n) is 9.69. The highest BCUT2D eigenvalue weighted by molar-refractivity contribution is 5.96. The molecule has 0 unspecified atom stereocenters. The van der Waals surface area contributed by atoms with E-state index in [9.17, 15) is 9.90 Å². The van der Waals surface area contributed by atoms with Crippen LogP contribution in [0.5, 0.6) is 0 Å². The Bertz CT molecular complexity index is 1060. The summed E-state index contributed by atoms with van der Waals surface area (Å²) in [6.45, 7) is 8.91. The van der Waals surface area contributed by atoms with E-state index in [2.05, 4.69) is 35.1 Å². The van der Waals surface area contributed by atoms with Crippen LogP contribution in [0.15, 0.2) is 24.3 Å². The van der Waals surface area contributed by atoms with Gasteiger partial charge in [0.2, 0.25) is 5.91 Å². The van der Waals surface area contributed by atoms with E-state index < -0.39 is 0 Å². The Labute approximate surface area is 177 Å². The summed E-state index contributed by atoms with van der Waals surface area (Å²) in [6, 6.07) is 8.10. The number of carbonyl (C=O) groups excluding carboxylic acids is 1. The summed E-state index contributed by atoms with van der Waals surface area (Å²) in [5.41, 5.74) is 6.65. The third-order valence-electron chi connectivity index (χ3n) is 6.04. The summed E-state index contributed by atoms with van der Waals surface area (Å²) in [6.07, 6.45) is 3.67. The molecule has 2 heterocycles. The molecule has 0 atom stereocenters. The molecule has 6 heteroatoms. The molecule has 1 aromatic carbocycles. The molecule has 0 saturated carbocycles. The average Bonchev–Trinajstić information content (AvgIpc) is 3.27. The lowest BCUT2D eigenvalue weighted by Crippen LogP contribution is -2.34. The minimum atomic E-state index is -0.0619. The van der Waals surface area contributed by atoms with Crippen LogP contribution in [0.3, 0.4) is 0 Å². The van der Waals surface area contributed by atoms with Crippen LogP contribution in [0.4, 0.5) is 5.69 Å². The summed E-state index contributed by atoms with van der Waals surface area (Å²) in [7, 11) is 0. The zero-order chi connectivity index (χ0) is 21.5. The maximum absolute atomic E-state index is 12.7. The standard InChI is InChI=1S/C24H32N4O2/c1-15(2)11-22(30)28(9-10-29)17-6-5-16-12-20(25-19(16)13-17)23-18-7-8-24(3,4)14-21(18)26-27-23/h5-6,12-13,15,25,29H,7-11,14H2,1-4H3,(H,26,27). The number of benzene rings is 1. The minimum Gasteiger partial charge on any atom is -0.395 e. The molecule has 4 rings (SSSR count). The number of hydrogen-bond acceptors (Lipinski definition) is 3. The first-order valence-corrected chi connectivity index (χ1v) is 10.9. The number of nitrogens with zero attached hydrogens (tertiary/aromatic N) is 2. The first kappa shape index (κ1) is 20.7. The maximum atomic E-state index is 12.7. The fraction of sp³-hybridized carbons (Fsp3) is 0.500. The smallest absolute Gasteiger partial charge is 0.227 e. The highest BCUT2D eigenvalue weighted by atomic mass is 16.3. The molecule has 160 valence electrons. The molecule has 3 N–H and O–H groups in total. The number of amides is 1. The van der Waals surface area contributed by atoms with Crippen molar-refractivity contribution in [2.24, 2.45) is 11.3 Å². The molecular weight excluding hydrogens is 376 g/mol. The number of aromatic nitrogens is 3. The Hall–Kier alpha value is -2.60. The van der Waals surface area contributed by atoms with Crippen LogP contribution in [0.2, 0.25) is 0 Å². The number of fused-ring (bicyclic) bond motifs is 2. The minimum absolute atomic E-state index is 0.0363. The van der Waals surface area contributed by atoms with Crippen molar-refractivity contribution in [1.29, 1.82) is 0 Å². The molecule has 0 radical (unpaired) electrons. The van der Waals surface area contributed by atoms with Crippen LogP contribution in [0.1, 0.15) is 51.8 Å². The average molecular weight is 409 g/mol. The largest absolute Gasteiger partial charge is 0.395 e. The third-order valence-corrected chi connectivity index (χ3v) is 6.04. The molecule has 3 aromatic rings. The first-order chi connectivity index (χ1) is 14.3. The van der Waals surface area contributed by atoms with Crippen molar-refractivity contribution in [2.75, 3.05) is 18.1 Å². The molecule has 1 aliphatic carbocycles. The quantitative estimate of drug-likeness (QED) is 0.563. The van der Waals surface area contributed by atoms with Gasteiger partial charge >= 0.3 is 0 Å². The topological polar surface area (TPSA) is 85.0 Å². The lowest BCUT2D eigenvalue weighted by atomic mass is 9.76. The van der Waals surface area contributed by atoms with E-state index >= 15 is 0 Å². The fourth-order valence-electron chi connectivity index (χ4n) is 4.44. The van der Waals surface area contributed by atoms with Gasteiger partial charge in [0.05, 0.1) is 12.3 Å². The Balaban J connectivity index is 1.66. The monoisotopic (exact) mass is 408 g/mol. The summed E-state index contributed by atoms with van der Waals surface area (Å²) >= 11 is 0. The number of aliphatic hydroxyl groups excluding tert-OH is 1. The van der Waals surface area contributed by atoms with E-state index in [0.717, 1.165) is 47.2 Å². The summed E-state index contributed by atoms with van der Waals surface area (Å²) < 4.78 is 0. The van der Waals surface area contributed by atoms with Crippen molar-refractivity contribution in [1.82, 2.24) is 15.2 Å². The summed E-state index contributed by atoms with van der Waals surface area (Å²) in [4.78, 5) is 17.9. The maximum Gasteiger partial charge on any atom is 0.227 e. The lowest BCUT2D eigenvalue weighted by molar-refractivity contribution is -0.119. The molecule has 2 aromatic heterocycles. The third kappa shape index (κ3) is 4.01. The second kappa shape index (κ2) is 7.91. The molecule has 6 nitrogen and oxygen atoms in total. The van der Waals surface area contributed by atoms with E-state index in [4.69, 9.17) is 0 Å². The van der Waals surface area contributed by atoms with Crippen molar-refractivity contribution >= 4 is 22.5 Å². The van der Waals surface area contributed by atoms with Crippen LogP contribution in [-0.2, 0) is 17.6 Å². The molecule has 1 aliphatic rings. The van der Waals surface area contributed by atoms with Gasteiger partial charge in [0.15, 0.2) is 0 Å². The van der Waals surface area contributed by atoms with E-state index in [1.165, 1.54) is 11.3 Å². The van der Waals surface area contributed by atoms with Crippen LogP contribution in [0, 0.1) is 11.3 Å². The zero-order valence-corrected chi connectivity index (χ0v) is 18.4. The Morgan fingerprint density at radius 1 is 1.30 bits per heavy atom. The highest BCUT2D eigenvalue weighted by Crippen LogP contribution is 2.38. The number of carbonyl (C=O) groups is 1. The SMILES string of the molecule is CC(C)CC(=O)N(CCO)c1ccc2cc(-c3n[nH]c4c3CCC(C)(C)C4)[nH]c2c1. The normalized spacial score (nSPS) is 15.5. The van der Waals surface area contributed by atoms with Gasteiger partial charge in [0.1, 0.15) is 5.69 Å². The fourth-order valence-corrected chi connectivity index (χ4v) is 4.44. The van der Waals surface area contributed by atoms with Crippen LogP contribution in [0.25, 0.3) is 22.3 Å². The number of nitrogens with one attached hydrogen (secondary N) is 2. The van der Waals surface area contributed by atoms with Gasteiger partial charge in [-0.1, -0.05) is 33.8 Å². The summed E-state index contributed by atoms with van der Waals surface area (Å²) in [5.74, 6) is 0.310. The van der Waals surface area contributed by atoms with Gasteiger partial charge in [-0.2, -0.15) is 5.10 Å². The van der Waals surface area contributed by atoms with E-state index in [1.54, 1.807) is 4.90 Å². The molecule has 0 fully saturated rings. The molecule has 0 spiro atoms. The number of anilines is 1. The molecule has 0 aliphatic heterocycles. The van der Waals surface area contributed by atoms with Crippen molar-refractivity contribution < 1.29 is 9.90 Å². The zero-order valence-electron chi connectivity index (χ0n) is 18.4. The molecule has 1 amide bonds. The lowest BCUT2D eigenvalue weighted by Gasteiger charge is -2.28. The Morgan fingerprint density at radius 3 is 2.83 bits per heavy atom. The van der Waals surface area contributed by atoms with Crippen LogP contribution < -0.4 is 4.90 Å². The second-order valence-corrected chi connectivity index (χ2v) is 9.69. The van der Waals surface area contributed by atoms with Gasteiger partial charge < -0.3 is 15.0 Å². The molecular formula is C24H32N4O2. The molecule has 0 saturated heterocycles. The van der Waals surface area contributed by atoms with Gasteiger partial charge in [0.25, 0.3) is 0 Å².